The first kappa shape index (κ1) is 25.3. The number of rotatable bonds is 6. The molecule has 0 radical (unpaired) electrons. The van der Waals surface area contributed by atoms with E-state index in [0.29, 0.717) is 40.7 Å². The zero-order valence-corrected chi connectivity index (χ0v) is 21.7. The number of nitriles is 1. The Hall–Kier alpha value is -2.81. The summed E-state index contributed by atoms with van der Waals surface area (Å²) in [5.74, 6) is 5.94. The lowest BCUT2D eigenvalue weighted by molar-refractivity contribution is 0.0743. The highest BCUT2D eigenvalue weighted by Crippen LogP contribution is 2.36. The summed E-state index contributed by atoms with van der Waals surface area (Å²) in [4.78, 5) is 15.2. The molecule has 0 aliphatic carbocycles. The summed E-state index contributed by atoms with van der Waals surface area (Å²) in [6.07, 6.45) is 4.86. The van der Waals surface area contributed by atoms with E-state index in [1.807, 2.05) is 30.1 Å². The molecule has 1 aliphatic rings. The van der Waals surface area contributed by atoms with Crippen LogP contribution in [0.1, 0.15) is 60.0 Å². The van der Waals surface area contributed by atoms with Crippen LogP contribution < -0.4 is 5.43 Å². The lowest BCUT2D eigenvalue weighted by atomic mass is 10.1. The van der Waals surface area contributed by atoms with Gasteiger partial charge in [-0.1, -0.05) is 48.4 Å². The van der Waals surface area contributed by atoms with Crippen LogP contribution >= 0.6 is 34.5 Å². The molecule has 4 rings (SSSR count). The summed E-state index contributed by atoms with van der Waals surface area (Å²) in [5.41, 5.74) is 5.73. The fourth-order valence-corrected chi connectivity index (χ4v) is 5.48. The van der Waals surface area contributed by atoms with E-state index in [4.69, 9.17) is 33.6 Å². The molecular weight excluding hydrogens is 501 g/mol. The van der Waals surface area contributed by atoms with E-state index in [1.165, 1.54) is 17.8 Å². The number of nitrogens with one attached hydrogen (secondary N) is 1. The number of nitrogens with zero attached hydrogens (tertiary/aromatic N) is 4. The van der Waals surface area contributed by atoms with Crippen LogP contribution in [0, 0.1) is 23.2 Å². The molecule has 35 heavy (non-hydrogen) atoms. The zero-order chi connectivity index (χ0) is 24.8. The summed E-state index contributed by atoms with van der Waals surface area (Å²) in [7, 11) is 0. The van der Waals surface area contributed by atoms with Crippen LogP contribution in [0.5, 0.6) is 0 Å². The molecule has 0 spiro atoms. The van der Waals surface area contributed by atoms with Gasteiger partial charge in [-0.15, -0.1) is 11.3 Å². The topological polar surface area (TPSA) is 74.0 Å². The van der Waals surface area contributed by atoms with Gasteiger partial charge in [0.2, 0.25) is 0 Å². The Bertz CT molecular complexity index is 1320. The molecule has 1 aliphatic heterocycles. The number of hydrazine groups is 1. The monoisotopic (exact) mass is 525 g/mol. The molecule has 3 heterocycles. The number of halogens is 2. The molecule has 0 bridgehead atoms. The molecule has 2 aromatic heterocycles. The average molecular weight is 526 g/mol. The van der Waals surface area contributed by atoms with Crippen LogP contribution in [0.2, 0.25) is 10.0 Å². The Kier molecular flexibility index (Phi) is 8.49. The van der Waals surface area contributed by atoms with E-state index in [9.17, 15) is 4.79 Å². The molecule has 180 valence electrons. The Balaban J connectivity index is 1.78. The normalized spacial score (nSPS) is 13.7. The summed E-state index contributed by atoms with van der Waals surface area (Å²) in [5, 5.41) is 16.4. The van der Waals surface area contributed by atoms with Crippen molar-refractivity contribution in [3.05, 3.63) is 56.5 Å². The first-order chi connectivity index (χ1) is 17.0. The van der Waals surface area contributed by atoms with Gasteiger partial charge in [0, 0.05) is 36.5 Å². The quantitative estimate of drug-likeness (QED) is 0.304. The van der Waals surface area contributed by atoms with E-state index in [-0.39, 0.29) is 5.91 Å². The maximum atomic E-state index is 13.3. The third kappa shape index (κ3) is 5.89. The van der Waals surface area contributed by atoms with Crippen LogP contribution in [0.25, 0.3) is 16.3 Å². The van der Waals surface area contributed by atoms with Crippen molar-refractivity contribution in [3.8, 4) is 34.2 Å². The number of carbonyl (C=O) groups excluding carboxylic acids is 1. The van der Waals surface area contributed by atoms with Gasteiger partial charge < -0.3 is 0 Å². The molecule has 0 saturated carbocycles. The fraction of sp³-hybridized carbons (Fsp3) is 0.346. The highest BCUT2D eigenvalue weighted by atomic mass is 35.5. The Morgan fingerprint density at radius 2 is 1.97 bits per heavy atom. The van der Waals surface area contributed by atoms with Gasteiger partial charge in [-0.05, 0) is 49.6 Å². The van der Waals surface area contributed by atoms with E-state index >= 15 is 0 Å². The number of hydrogen-bond donors (Lipinski definition) is 1. The van der Waals surface area contributed by atoms with Crippen molar-refractivity contribution in [2.24, 2.45) is 0 Å². The highest BCUT2D eigenvalue weighted by molar-refractivity contribution is 7.16. The van der Waals surface area contributed by atoms with Crippen molar-refractivity contribution in [3.63, 3.8) is 0 Å². The number of carbonyl (C=O) groups is 1. The SMILES string of the molecule is CCc1c(C(=O)NN2CCCCC2)nn(-c2ccc(Cl)cc2Cl)c1-c1ccc(C#CCCC#N)s1. The summed E-state index contributed by atoms with van der Waals surface area (Å²) in [6, 6.07) is 11.3. The maximum Gasteiger partial charge on any atom is 0.286 e. The largest absolute Gasteiger partial charge is 0.286 e. The molecule has 3 aromatic rings. The minimum atomic E-state index is -0.220. The molecule has 0 atom stereocenters. The summed E-state index contributed by atoms with van der Waals surface area (Å²) < 4.78 is 1.74. The third-order valence-corrected chi connectivity index (χ3v) is 7.26. The van der Waals surface area contributed by atoms with Gasteiger partial charge in [-0.2, -0.15) is 10.4 Å². The molecule has 9 heteroatoms. The van der Waals surface area contributed by atoms with Gasteiger partial charge in [-0.25, -0.2) is 9.69 Å². The Morgan fingerprint density at radius 3 is 2.69 bits per heavy atom. The summed E-state index contributed by atoms with van der Waals surface area (Å²) in [6.45, 7) is 3.69. The average Bonchev–Trinajstić information content (AvgIpc) is 3.47. The van der Waals surface area contributed by atoms with Crippen molar-refractivity contribution in [2.45, 2.75) is 45.4 Å². The molecular formula is C26H25Cl2N5OS. The van der Waals surface area contributed by atoms with E-state index < -0.39 is 0 Å². The maximum absolute atomic E-state index is 13.3. The lowest BCUT2D eigenvalue weighted by Crippen LogP contribution is -2.45. The minimum absolute atomic E-state index is 0.220. The second-order valence-electron chi connectivity index (χ2n) is 8.15. The number of amides is 1. The predicted molar refractivity (Wildman–Crippen MR) is 141 cm³/mol. The second-order valence-corrected chi connectivity index (χ2v) is 10.1. The van der Waals surface area contributed by atoms with Gasteiger partial charge in [0.1, 0.15) is 0 Å². The number of benzene rings is 1. The lowest BCUT2D eigenvalue weighted by Gasteiger charge is -2.26. The molecule has 1 aromatic carbocycles. The number of hydrogen-bond acceptors (Lipinski definition) is 5. The molecule has 0 unspecified atom stereocenters. The molecule has 1 saturated heterocycles. The highest BCUT2D eigenvalue weighted by Gasteiger charge is 2.27. The van der Waals surface area contributed by atoms with Crippen LogP contribution in [-0.4, -0.2) is 33.8 Å². The van der Waals surface area contributed by atoms with Crippen LogP contribution in [0.4, 0.5) is 0 Å². The van der Waals surface area contributed by atoms with Crippen molar-refractivity contribution >= 4 is 40.4 Å². The molecule has 1 N–H and O–H groups in total. The Morgan fingerprint density at radius 1 is 1.17 bits per heavy atom. The molecule has 1 amide bonds. The summed E-state index contributed by atoms with van der Waals surface area (Å²) >= 11 is 14.2. The van der Waals surface area contributed by atoms with Crippen molar-refractivity contribution in [2.75, 3.05) is 13.1 Å². The van der Waals surface area contributed by atoms with Gasteiger partial charge >= 0.3 is 0 Å². The van der Waals surface area contributed by atoms with Crippen molar-refractivity contribution in [1.82, 2.24) is 20.2 Å². The molecule has 1 fully saturated rings. The Labute approximate surface area is 219 Å². The van der Waals surface area contributed by atoms with E-state index in [0.717, 1.165) is 46.9 Å². The molecule has 6 nitrogen and oxygen atoms in total. The predicted octanol–water partition coefficient (Wildman–Crippen LogP) is 6.26. The van der Waals surface area contributed by atoms with Gasteiger partial charge in [0.05, 0.1) is 32.2 Å². The first-order valence-electron chi connectivity index (χ1n) is 11.6. The second kappa shape index (κ2) is 11.7. The van der Waals surface area contributed by atoms with Crippen LogP contribution in [0.15, 0.2) is 30.3 Å². The minimum Gasteiger partial charge on any atom is -0.283 e. The van der Waals surface area contributed by atoms with E-state index in [2.05, 4.69) is 23.3 Å². The number of piperidine rings is 1. The number of unbranched alkanes of at least 4 members (excludes halogenated alkanes) is 1. The van der Waals surface area contributed by atoms with Crippen LogP contribution in [-0.2, 0) is 6.42 Å². The third-order valence-electron chi connectivity index (χ3n) is 5.72. The fourth-order valence-electron chi connectivity index (χ4n) is 4.05. The smallest absolute Gasteiger partial charge is 0.283 e. The van der Waals surface area contributed by atoms with Gasteiger partial charge in [-0.3, -0.25) is 10.2 Å². The van der Waals surface area contributed by atoms with E-state index in [1.54, 1.807) is 16.8 Å². The van der Waals surface area contributed by atoms with Crippen molar-refractivity contribution < 1.29 is 4.79 Å². The number of thiophene rings is 1. The van der Waals surface area contributed by atoms with Gasteiger partial charge in [0.15, 0.2) is 5.69 Å². The standard InChI is InChI=1S/C26H25Cl2N5OS/c1-2-20-24(26(34)31-32-15-7-4-8-16-32)30-33(22-12-10-18(27)17-21(22)28)25(20)23-13-11-19(35-23)9-5-3-6-14-29/h10-13,17H,2-4,6-8,15-16H2,1H3,(H,31,34). The van der Waals surface area contributed by atoms with Gasteiger partial charge in [0.25, 0.3) is 5.91 Å². The van der Waals surface area contributed by atoms with Crippen LogP contribution in [0.3, 0.4) is 0 Å². The zero-order valence-electron chi connectivity index (χ0n) is 19.4. The first-order valence-corrected chi connectivity index (χ1v) is 13.2. The number of aromatic nitrogens is 2. The van der Waals surface area contributed by atoms with Crippen molar-refractivity contribution in [1.29, 1.82) is 5.26 Å².